The van der Waals surface area contributed by atoms with E-state index in [1.165, 1.54) is 116 Å². The van der Waals surface area contributed by atoms with Gasteiger partial charge in [-0.1, -0.05) is 151 Å². The van der Waals surface area contributed by atoms with E-state index in [1.807, 2.05) is 12.1 Å². The van der Waals surface area contributed by atoms with E-state index in [-0.39, 0.29) is 5.82 Å². The molecule has 0 amide bonds. The Kier molecular flexibility index (Phi) is 11.7. The van der Waals surface area contributed by atoms with E-state index in [9.17, 15) is 4.39 Å². The van der Waals surface area contributed by atoms with Crippen LogP contribution in [0.25, 0.3) is 76.5 Å². The lowest BCUT2D eigenvalue weighted by atomic mass is 9.87. The molecule has 0 fully saturated rings. The van der Waals surface area contributed by atoms with E-state index in [1.54, 1.807) is 0 Å². The molecule has 8 aromatic carbocycles. The summed E-state index contributed by atoms with van der Waals surface area (Å²) in [5, 5.41) is 9.21. The molecule has 0 bridgehead atoms. The Labute approximate surface area is 370 Å². The van der Waals surface area contributed by atoms with E-state index >= 15 is 0 Å². The van der Waals surface area contributed by atoms with Gasteiger partial charge in [0.05, 0.1) is 5.69 Å². The molecule has 0 aliphatic heterocycles. The lowest BCUT2D eigenvalue weighted by Crippen LogP contribution is -2.10. The Hall–Kier alpha value is -6.39. The first-order valence-corrected chi connectivity index (χ1v) is 23.5. The number of halogens is 1. The van der Waals surface area contributed by atoms with Crippen LogP contribution in [0.2, 0.25) is 0 Å². The molecule has 0 aliphatic rings. The Morgan fingerprint density at radius 3 is 1.70 bits per heavy atom. The number of anilines is 3. The second kappa shape index (κ2) is 18.1. The summed E-state index contributed by atoms with van der Waals surface area (Å²) in [4.78, 5) is 2.36. The van der Waals surface area contributed by atoms with Gasteiger partial charge in [-0.15, -0.1) is 0 Å². The molecule has 1 unspecified atom stereocenters. The van der Waals surface area contributed by atoms with Gasteiger partial charge in [-0.3, -0.25) is 0 Å². The normalized spacial score (nSPS) is 12.4. The molecular formula is C59H56FNO2. The van der Waals surface area contributed by atoms with E-state index in [0.29, 0.717) is 5.92 Å². The van der Waals surface area contributed by atoms with Crippen LogP contribution in [0.4, 0.5) is 21.5 Å². The number of furan rings is 2. The van der Waals surface area contributed by atoms with E-state index in [2.05, 4.69) is 146 Å². The number of unbranched alkanes of at least 4 members (excludes halogenated alkanes) is 8. The molecule has 3 nitrogen and oxygen atoms in total. The molecule has 0 N–H and O–H groups in total. The molecule has 0 saturated carbocycles. The molecule has 0 radical (unpaired) electrons. The molecule has 10 rings (SSSR count). The maximum atomic E-state index is 13.8. The number of nitrogens with zero attached hydrogens (tertiary/aromatic N) is 1. The third-order valence-electron chi connectivity index (χ3n) is 13.4. The summed E-state index contributed by atoms with van der Waals surface area (Å²) in [6.07, 6.45) is 15.7. The minimum absolute atomic E-state index is 0.246. The highest BCUT2D eigenvalue weighted by Crippen LogP contribution is 2.45. The second-order valence-electron chi connectivity index (χ2n) is 17.6. The summed E-state index contributed by atoms with van der Waals surface area (Å²) in [7, 11) is 0. The average Bonchev–Trinajstić information content (AvgIpc) is 3.88. The highest BCUT2D eigenvalue weighted by molar-refractivity contribution is 6.15. The van der Waals surface area contributed by atoms with Crippen molar-refractivity contribution in [3.63, 3.8) is 0 Å². The molecule has 4 heteroatoms. The summed E-state index contributed by atoms with van der Waals surface area (Å²) in [6, 6.07) is 52.8. The average molecular weight is 830 g/mol. The number of hydrogen-bond acceptors (Lipinski definition) is 3. The zero-order valence-electron chi connectivity index (χ0n) is 36.6. The summed E-state index contributed by atoms with van der Waals surface area (Å²) >= 11 is 0. The van der Waals surface area contributed by atoms with E-state index in [4.69, 9.17) is 8.83 Å². The Bertz CT molecular complexity index is 3190. The maximum absolute atomic E-state index is 13.8. The Morgan fingerprint density at radius 1 is 0.429 bits per heavy atom. The molecular weight excluding hydrogens is 774 g/mol. The summed E-state index contributed by atoms with van der Waals surface area (Å²) in [6.45, 7) is 4.59. The Balaban J connectivity index is 1.07. The van der Waals surface area contributed by atoms with Crippen molar-refractivity contribution < 1.29 is 13.2 Å². The molecule has 0 spiro atoms. The highest BCUT2D eigenvalue weighted by Gasteiger charge is 2.22. The molecule has 10 aromatic rings. The first-order chi connectivity index (χ1) is 31.1. The van der Waals surface area contributed by atoms with Crippen molar-refractivity contribution in [2.75, 3.05) is 4.90 Å². The van der Waals surface area contributed by atoms with Gasteiger partial charge >= 0.3 is 0 Å². The maximum Gasteiger partial charge on any atom is 0.137 e. The fourth-order valence-corrected chi connectivity index (χ4v) is 10.0. The number of benzene rings is 8. The van der Waals surface area contributed by atoms with E-state index < -0.39 is 0 Å². The van der Waals surface area contributed by atoms with Crippen LogP contribution in [-0.2, 0) is 0 Å². The third-order valence-corrected chi connectivity index (χ3v) is 13.4. The van der Waals surface area contributed by atoms with E-state index in [0.717, 1.165) is 72.1 Å². The number of hydrogen-bond donors (Lipinski definition) is 0. The van der Waals surface area contributed by atoms with Crippen molar-refractivity contribution in [2.24, 2.45) is 0 Å². The summed E-state index contributed by atoms with van der Waals surface area (Å²) < 4.78 is 27.2. The van der Waals surface area contributed by atoms with Gasteiger partial charge in [0.2, 0.25) is 0 Å². The molecule has 63 heavy (non-hydrogen) atoms. The van der Waals surface area contributed by atoms with Crippen LogP contribution in [0.5, 0.6) is 0 Å². The van der Waals surface area contributed by atoms with Crippen molar-refractivity contribution in [3.8, 4) is 11.1 Å². The largest absolute Gasteiger partial charge is 0.456 e. The van der Waals surface area contributed by atoms with Crippen molar-refractivity contribution >= 4 is 82.5 Å². The van der Waals surface area contributed by atoms with Crippen LogP contribution in [0.3, 0.4) is 0 Å². The quantitative estimate of drug-likeness (QED) is 0.0676. The monoisotopic (exact) mass is 829 g/mol. The van der Waals surface area contributed by atoms with Gasteiger partial charge in [0.15, 0.2) is 0 Å². The van der Waals surface area contributed by atoms with Gasteiger partial charge < -0.3 is 13.7 Å². The molecule has 1 atom stereocenters. The summed E-state index contributed by atoms with van der Waals surface area (Å²) in [5.74, 6) is 0.324. The van der Waals surface area contributed by atoms with Crippen molar-refractivity contribution in [3.05, 3.63) is 163 Å². The van der Waals surface area contributed by atoms with Gasteiger partial charge in [0.25, 0.3) is 0 Å². The smallest absolute Gasteiger partial charge is 0.137 e. The van der Waals surface area contributed by atoms with Gasteiger partial charge in [0.1, 0.15) is 28.1 Å². The van der Waals surface area contributed by atoms with Crippen molar-refractivity contribution in [1.82, 2.24) is 0 Å². The molecule has 2 heterocycles. The van der Waals surface area contributed by atoms with Crippen LogP contribution in [0.15, 0.2) is 160 Å². The fraction of sp³-hybridized carbons (Fsp3) is 0.254. The van der Waals surface area contributed by atoms with Crippen LogP contribution < -0.4 is 4.90 Å². The second-order valence-corrected chi connectivity index (χ2v) is 17.6. The lowest BCUT2D eigenvalue weighted by molar-refractivity contribution is 0.491. The lowest BCUT2D eigenvalue weighted by Gasteiger charge is -2.27. The van der Waals surface area contributed by atoms with Gasteiger partial charge in [-0.25, -0.2) is 4.39 Å². The molecule has 0 aliphatic carbocycles. The predicted molar refractivity (Wildman–Crippen MR) is 266 cm³/mol. The first kappa shape index (κ1) is 40.7. The van der Waals surface area contributed by atoms with Crippen molar-refractivity contribution in [1.29, 1.82) is 0 Å². The van der Waals surface area contributed by atoms with Crippen LogP contribution >= 0.6 is 0 Å². The highest BCUT2D eigenvalue weighted by atomic mass is 19.1. The van der Waals surface area contributed by atoms with Gasteiger partial charge in [-0.05, 0) is 118 Å². The van der Waals surface area contributed by atoms with Crippen LogP contribution in [0.1, 0.15) is 102 Å². The van der Waals surface area contributed by atoms with Gasteiger partial charge in [-0.2, -0.15) is 0 Å². The SMILES string of the molecule is CCCCCCCCC(CCCCCC)c1ccc2oc3cc(N(c4ccc5c(c4)oc4cc(-c6ccc(F)cc6)ccc45)c4cc5ccccc5c5ccccc45)ccc3c2c1. The molecule has 316 valence electrons. The fourth-order valence-electron chi connectivity index (χ4n) is 10.0. The zero-order valence-corrected chi connectivity index (χ0v) is 36.6. The standard InChI is InChI=1S/C59H56FNO2/c1-3-5-7-9-10-12-18-40(17-11-8-6-4-2)42-26-34-56-54(35-42)53-33-30-47(39-59(53)62-56)61(55-36-44-19-13-14-20-48(44)49-21-15-16-22-50(49)55)46-29-32-52-51-31-25-43(37-57(51)63-58(52)38-46)41-23-27-45(60)28-24-41/h13-16,19-40H,3-12,17-18H2,1-2H3. The minimum Gasteiger partial charge on any atom is -0.456 e. The summed E-state index contributed by atoms with van der Waals surface area (Å²) in [5.41, 5.74) is 9.86. The molecule has 2 aromatic heterocycles. The van der Waals surface area contributed by atoms with Crippen LogP contribution in [0, 0.1) is 5.82 Å². The van der Waals surface area contributed by atoms with Crippen LogP contribution in [-0.4, -0.2) is 0 Å². The van der Waals surface area contributed by atoms with Crippen molar-refractivity contribution in [2.45, 2.75) is 96.8 Å². The molecule has 0 saturated heterocycles. The third kappa shape index (κ3) is 8.20. The zero-order chi connectivity index (χ0) is 42.7. The first-order valence-electron chi connectivity index (χ1n) is 23.5. The minimum atomic E-state index is -0.246. The van der Waals surface area contributed by atoms with Gasteiger partial charge in [0, 0.05) is 50.4 Å². The predicted octanol–water partition coefficient (Wildman–Crippen LogP) is 18.9. The number of rotatable bonds is 17. The Morgan fingerprint density at radius 2 is 0.984 bits per heavy atom. The number of fused-ring (bicyclic) bond motifs is 9. The topological polar surface area (TPSA) is 29.5 Å².